The topological polar surface area (TPSA) is 78.7 Å². The number of nitriles is 1. The summed E-state index contributed by atoms with van der Waals surface area (Å²) >= 11 is 7.04. The summed E-state index contributed by atoms with van der Waals surface area (Å²) in [5, 5.41) is 15.6. The number of carbonyl (C=O) groups is 1. The van der Waals surface area contributed by atoms with Crippen LogP contribution in [-0.4, -0.2) is 15.5 Å². The van der Waals surface area contributed by atoms with Crippen LogP contribution in [0.15, 0.2) is 18.2 Å². The Balaban J connectivity index is 2.22. The lowest BCUT2D eigenvalue weighted by Crippen LogP contribution is -2.12. The summed E-state index contributed by atoms with van der Waals surface area (Å²) < 4.78 is 3.76. The molecule has 0 saturated heterocycles. The van der Waals surface area contributed by atoms with E-state index in [1.54, 1.807) is 12.1 Å². The quantitative estimate of drug-likeness (QED) is 0.943. The molecule has 2 aromatic rings. The predicted octanol–water partition coefficient (Wildman–Crippen LogP) is 2.88. The first kappa shape index (κ1) is 13.5. The van der Waals surface area contributed by atoms with Gasteiger partial charge in [-0.1, -0.05) is 23.0 Å². The molecule has 0 aliphatic heterocycles. The molecule has 1 N–H and O–H groups in total. The van der Waals surface area contributed by atoms with Crippen molar-refractivity contribution in [1.82, 2.24) is 9.59 Å². The number of amides is 1. The minimum absolute atomic E-state index is 0.293. The number of rotatable bonds is 3. The average molecular weight is 293 g/mol. The number of hydrogen-bond donors (Lipinski definition) is 1. The summed E-state index contributed by atoms with van der Waals surface area (Å²) in [6.07, 6.45) is 0.639. The molecule has 0 spiro atoms. The van der Waals surface area contributed by atoms with Crippen molar-refractivity contribution in [1.29, 1.82) is 5.26 Å². The van der Waals surface area contributed by atoms with Crippen LogP contribution in [0.1, 0.15) is 27.9 Å². The van der Waals surface area contributed by atoms with Gasteiger partial charge in [-0.2, -0.15) is 5.26 Å². The maximum Gasteiger partial charge on any atom is 0.269 e. The molecule has 0 radical (unpaired) electrons. The van der Waals surface area contributed by atoms with Crippen molar-refractivity contribution in [3.05, 3.63) is 39.4 Å². The highest BCUT2D eigenvalue weighted by atomic mass is 35.5. The van der Waals surface area contributed by atoms with Gasteiger partial charge in [0.1, 0.15) is 4.88 Å². The molecule has 1 amide bonds. The number of nitrogens with zero attached hydrogens (tertiary/aromatic N) is 3. The standard InChI is InChI=1S/C12H9ClN4OS/c1-2-9-11(19-17-16-9)12(18)15-10-4-3-7(6-14)5-8(10)13/h3-5H,2H2,1H3,(H,15,18). The second-order valence-corrected chi connectivity index (χ2v) is 4.82. The number of hydrogen-bond acceptors (Lipinski definition) is 5. The summed E-state index contributed by atoms with van der Waals surface area (Å²) in [5.41, 5.74) is 1.56. The van der Waals surface area contributed by atoms with E-state index in [0.717, 1.165) is 11.5 Å². The maximum absolute atomic E-state index is 12.1. The average Bonchev–Trinajstić information content (AvgIpc) is 2.89. The lowest BCUT2D eigenvalue weighted by Gasteiger charge is -2.06. The number of aryl methyl sites for hydroxylation is 1. The fraction of sp³-hybridized carbons (Fsp3) is 0.167. The number of nitrogens with one attached hydrogen (secondary N) is 1. The van der Waals surface area contributed by atoms with E-state index in [2.05, 4.69) is 14.9 Å². The second kappa shape index (κ2) is 5.78. The van der Waals surface area contributed by atoms with Crippen molar-refractivity contribution in [2.75, 3.05) is 5.32 Å². The third-order valence-electron chi connectivity index (χ3n) is 2.44. The molecule has 0 saturated carbocycles. The van der Waals surface area contributed by atoms with Gasteiger partial charge in [-0.05, 0) is 36.2 Å². The van der Waals surface area contributed by atoms with Gasteiger partial charge in [0.05, 0.1) is 28.0 Å². The van der Waals surface area contributed by atoms with Crippen LogP contribution in [0.3, 0.4) is 0 Å². The Morgan fingerprint density at radius 3 is 3.00 bits per heavy atom. The third kappa shape index (κ3) is 2.89. The predicted molar refractivity (Wildman–Crippen MR) is 73.4 cm³/mol. The van der Waals surface area contributed by atoms with E-state index in [4.69, 9.17) is 16.9 Å². The molecule has 1 aromatic carbocycles. The normalized spacial score (nSPS) is 9.95. The summed E-state index contributed by atoms with van der Waals surface area (Å²) in [6, 6.07) is 6.67. The molecule has 0 bridgehead atoms. The highest BCUT2D eigenvalue weighted by Gasteiger charge is 2.16. The van der Waals surface area contributed by atoms with Gasteiger partial charge in [0.15, 0.2) is 0 Å². The van der Waals surface area contributed by atoms with Gasteiger partial charge in [0, 0.05) is 0 Å². The zero-order chi connectivity index (χ0) is 13.8. The SMILES string of the molecule is CCc1nnsc1C(=O)Nc1ccc(C#N)cc1Cl. The molecule has 0 atom stereocenters. The number of anilines is 1. The Morgan fingerprint density at radius 2 is 2.37 bits per heavy atom. The van der Waals surface area contributed by atoms with Gasteiger partial charge in [0.2, 0.25) is 0 Å². The van der Waals surface area contributed by atoms with E-state index in [1.807, 2.05) is 13.0 Å². The van der Waals surface area contributed by atoms with Crippen molar-refractivity contribution in [2.45, 2.75) is 13.3 Å². The maximum atomic E-state index is 12.1. The van der Waals surface area contributed by atoms with E-state index in [9.17, 15) is 4.79 Å². The van der Waals surface area contributed by atoms with Crippen LogP contribution >= 0.6 is 23.1 Å². The van der Waals surface area contributed by atoms with Gasteiger partial charge in [-0.15, -0.1) is 5.10 Å². The van der Waals surface area contributed by atoms with Crippen LogP contribution in [0.5, 0.6) is 0 Å². The van der Waals surface area contributed by atoms with E-state index in [0.29, 0.717) is 33.3 Å². The number of benzene rings is 1. The van der Waals surface area contributed by atoms with E-state index in [1.165, 1.54) is 6.07 Å². The first-order chi connectivity index (χ1) is 9.15. The fourth-order valence-electron chi connectivity index (χ4n) is 1.48. The highest BCUT2D eigenvalue weighted by molar-refractivity contribution is 7.08. The molecular weight excluding hydrogens is 284 g/mol. The molecule has 5 nitrogen and oxygen atoms in total. The monoisotopic (exact) mass is 292 g/mol. The summed E-state index contributed by atoms with van der Waals surface area (Å²) in [5.74, 6) is -0.293. The number of aromatic nitrogens is 2. The van der Waals surface area contributed by atoms with Crippen LogP contribution in [0.25, 0.3) is 0 Å². The first-order valence-corrected chi connectivity index (χ1v) is 6.63. The van der Waals surface area contributed by atoms with Gasteiger partial charge in [0.25, 0.3) is 5.91 Å². The van der Waals surface area contributed by atoms with Crippen LogP contribution in [0, 0.1) is 11.3 Å². The number of carbonyl (C=O) groups excluding carboxylic acids is 1. The fourth-order valence-corrected chi connectivity index (χ4v) is 2.35. The van der Waals surface area contributed by atoms with Gasteiger partial charge < -0.3 is 5.32 Å². The van der Waals surface area contributed by atoms with Crippen LogP contribution in [0.4, 0.5) is 5.69 Å². The lowest BCUT2D eigenvalue weighted by molar-refractivity contribution is 0.102. The molecule has 1 aromatic heterocycles. The molecule has 0 fully saturated rings. The van der Waals surface area contributed by atoms with E-state index >= 15 is 0 Å². The second-order valence-electron chi connectivity index (χ2n) is 3.66. The Morgan fingerprint density at radius 1 is 1.58 bits per heavy atom. The number of halogens is 1. The Labute approximate surface area is 119 Å². The van der Waals surface area contributed by atoms with Crippen molar-refractivity contribution in [2.24, 2.45) is 0 Å². The highest BCUT2D eigenvalue weighted by Crippen LogP contribution is 2.24. The molecule has 7 heteroatoms. The van der Waals surface area contributed by atoms with Crippen molar-refractivity contribution in [3.8, 4) is 6.07 Å². The first-order valence-electron chi connectivity index (χ1n) is 5.48. The van der Waals surface area contributed by atoms with E-state index < -0.39 is 0 Å². The van der Waals surface area contributed by atoms with Crippen molar-refractivity contribution >= 4 is 34.7 Å². The Hall–Kier alpha value is -1.97. The molecule has 0 aliphatic rings. The van der Waals surface area contributed by atoms with Gasteiger partial charge in [-0.3, -0.25) is 4.79 Å². The minimum Gasteiger partial charge on any atom is -0.320 e. The third-order valence-corrected chi connectivity index (χ3v) is 3.52. The Kier molecular flexibility index (Phi) is 4.10. The molecule has 96 valence electrons. The summed E-state index contributed by atoms with van der Waals surface area (Å²) in [4.78, 5) is 12.5. The summed E-state index contributed by atoms with van der Waals surface area (Å²) in [6.45, 7) is 1.90. The zero-order valence-corrected chi connectivity index (χ0v) is 11.5. The van der Waals surface area contributed by atoms with Crippen LogP contribution in [-0.2, 0) is 6.42 Å². The molecular formula is C12H9ClN4OS. The van der Waals surface area contributed by atoms with Gasteiger partial charge in [-0.25, -0.2) is 0 Å². The molecule has 1 heterocycles. The molecule has 0 aliphatic carbocycles. The molecule has 0 unspecified atom stereocenters. The molecule has 19 heavy (non-hydrogen) atoms. The van der Waals surface area contributed by atoms with Crippen molar-refractivity contribution < 1.29 is 4.79 Å². The van der Waals surface area contributed by atoms with Crippen LogP contribution in [0.2, 0.25) is 5.02 Å². The minimum atomic E-state index is -0.293. The lowest BCUT2D eigenvalue weighted by atomic mass is 10.2. The van der Waals surface area contributed by atoms with Crippen LogP contribution < -0.4 is 5.32 Å². The smallest absolute Gasteiger partial charge is 0.269 e. The largest absolute Gasteiger partial charge is 0.320 e. The van der Waals surface area contributed by atoms with E-state index in [-0.39, 0.29) is 5.91 Å². The zero-order valence-electron chi connectivity index (χ0n) is 9.98. The van der Waals surface area contributed by atoms with Gasteiger partial charge >= 0.3 is 0 Å². The Bertz CT molecular complexity index is 662. The summed E-state index contributed by atoms with van der Waals surface area (Å²) in [7, 11) is 0. The van der Waals surface area contributed by atoms with Crippen molar-refractivity contribution in [3.63, 3.8) is 0 Å². The molecule has 2 rings (SSSR count).